The average Bonchev–Trinajstić information content (AvgIpc) is 2.59. The van der Waals surface area contributed by atoms with E-state index < -0.39 is 6.10 Å². The molecular formula is C21H43NO2. The predicted molar refractivity (Wildman–Crippen MR) is 106 cm³/mol. The first-order valence-corrected chi connectivity index (χ1v) is 10.1. The monoisotopic (exact) mass is 341 g/mol. The zero-order chi connectivity index (χ0) is 18.5. The molecule has 0 amide bonds. The molecule has 0 aliphatic heterocycles. The maximum atomic E-state index is 11.2. The molecule has 3 heteroatoms. The Morgan fingerprint density at radius 3 is 1.71 bits per heavy atom. The molecule has 0 aromatic rings. The molecular weight excluding hydrogens is 298 g/mol. The van der Waals surface area contributed by atoms with Gasteiger partial charge in [-0.1, -0.05) is 70.4 Å². The van der Waals surface area contributed by atoms with E-state index in [-0.39, 0.29) is 5.78 Å². The molecule has 0 aromatic heterocycles. The number of unbranched alkanes of at least 4 members (excludes halogenated alkanes) is 11. The highest BCUT2D eigenvalue weighted by molar-refractivity contribution is 5.82. The number of carbonyl (C=O) groups is 1. The number of aliphatic hydroxyl groups is 1. The van der Waals surface area contributed by atoms with Crippen molar-refractivity contribution in [2.75, 3.05) is 7.05 Å². The zero-order valence-electron chi connectivity index (χ0n) is 16.6. The normalized spacial score (nSPS) is 12.0. The van der Waals surface area contributed by atoms with Gasteiger partial charge in [-0.25, -0.2) is 0 Å². The predicted octanol–water partition coefficient (Wildman–Crippen LogP) is 5.55. The molecule has 0 spiro atoms. The van der Waals surface area contributed by atoms with E-state index in [0.717, 1.165) is 12.8 Å². The Labute approximate surface area is 151 Å². The van der Waals surface area contributed by atoms with Gasteiger partial charge in [0.1, 0.15) is 6.10 Å². The Kier molecular flexibility index (Phi) is 23.8. The molecule has 24 heavy (non-hydrogen) atoms. The van der Waals surface area contributed by atoms with Crippen LogP contribution in [0.5, 0.6) is 0 Å². The van der Waals surface area contributed by atoms with Crippen LogP contribution in [0.1, 0.15) is 104 Å². The van der Waals surface area contributed by atoms with Crippen molar-refractivity contribution in [3.63, 3.8) is 0 Å². The van der Waals surface area contributed by atoms with Crippen molar-refractivity contribution < 1.29 is 9.90 Å². The molecule has 0 aliphatic rings. The summed E-state index contributed by atoms with van der Waals surface area (Å²) in [5.74, 6) is -0.0161. The molecule has 0 heterocycles. The largest absolute Gasteiger partial charge is 0.386 e. The first kappa shape index (κ1) is 25.6. The molecule has 0 saturated heterocycles. The van der Waals surface area contributed by atoms with Gasteiger partial charge in [0.15, 0.2) is 5.78 Å². The molecule has 0 aromatic carbocycles. The summed E-state index contributed by atoms with van der Waals surface area (Å²) >= 11 is 0. The van der Waals surface area contributed by atoms with Crippen LogP contribution >= 0.6 is 0 Å². The van der Waals surface area contributed by atoms with E-state index in [1.165, 1.54) is 77.7 Å². The van der Waals surface area contributed by atoms with Crippen molar-refractivity contribution in [2.24, 2.45) is 5.73 Å². The molecule has 0 aliphatic carbocycles. The lowest BCUT2D eigenvalue weighted by Gasteiger charge is -2.03. The van der Waals surface area contributed by atoms with Crippen LogP contribution in [0.4, 0.5) is 0 Å². The fourth-order valence-corrected chi connectivity index (χ4v) is 2.58. The Morgan fingerprint density at radius 1 is 0.833 bits per heavy atom. The van der Waals surface area contributed by atoms with Crippen molar-refractivity contribution in [1.82, 2.24) is 0 Å². The third kappa shape index (κ3) is 21.3. The number of hydrogen-bond acceptors (Lipinski definition) is 3. The van der Waals surface area contributed by atoms with Crippen LogP contribution in [0.3, 0.4) is 0 Å². The molecule has 3 nitrogen and oxygen atoms in total. The van der Waals surface area contributed by atoms with E-state index in [9.17, 15) is 4.79 Å². The third-order valence-corrected chi connectivity index (χ3v) is 4.15. The maximum absolute atomic E-state index is 11.2. The highest BCUT2D eigenvalue weighted by atomic mass is 16.3. The summed E-state index contributed by atoms with van der Waals surface area (Å²) in [7, 11) is 1.50. The molecule has 0 rings (SSSR count). The summed E-state index contributed by atoms with van der Waals surface area (Å²) in [5.41, 5.74) is 4.50. The third-order valence-electron chi connectivity index (χ3n) is 4.15. The van der Waals surface area contributed by atoms with Gasteiger partial charge in [0.05, 0.1) is 0 Å². The maximum Gasteiger partial charge on any atom is 0.160 e. The van der Waals surface area contributed by atoms with Crippen molar-refractivity contribution in [1.29, 1.82) is 0 Å². The molecule has 3 N–H and O–H groups in total. The van der Waals surface area contributed by atoms with Gasteiger partial charge in [0.25, 0.3) is 0 Å². The fraction of sp³-hybridized carbons (Fsp3) is 0.857. The highest BCUT2D eigenvalue weighted by Gasteiger charge is 2.07. The molecule has 0 radical (unpaired) electrons. The fourth-order valence-electron chi connectivity index (χ4n) is 2.58. The van der Waals surface area contributed by atoms with Crippen LogP contribution in [-0.4, -0.2) is 24.0 Å². The van der Waals surface area contributed by atoms with Gasteiger partial charge in [-0.05, 0) is 46.1 Å². The van der Waals surface area contributed by atoms with Crippen LogP contribution in [0.15, 0.2) is 12.2 Å². The second-order valence-corrected chi connectivity index (χ2v) is 6.48. The van der Waals surface area contributed by atoms with E-state index in [1.807, 2.05) is 0 Å². The van der Waals surface area contributed by atoms with Crippen molar-refractivity contribution in [3.8, 4) is 0 Å². The van der Waals surface area contributed by atoms with Crippen LogP contribution < -0.4 is 5.73 Å². The van der Waals surface area contributed by atoms with Crippen molar-refractivity contribution in [3.05, 3.63) is 12.2 Å². The molecule has 1 unspecified atom stereocenters. The van der Waals surface area contributed by atoms with Crippen molar-refractivity contribution >= 4 is 5.78 Å². The van der Waals surface area contributed by atoms with E-state index >= 15 is 0 Å². The molecule has 0 saturated carbocycles. The van der Waals surface area contributed by atoms with E-state index in [0.29, 0.717) is 6.42 Å². The first-order valence-electron chi connectivity index (χ1n) is 10.1. The Morgan fingerprint density at radius 2 is 1.25 bits per heavy atom. The molecule has 0 bridgehead atoms. The SMILES string of the molecule is CCCCCCCC/C=C\CCCCCCCC(=O)C(C)O.CN. The van der Waals surface area contributed by atoms with Gasteiger partial charge in [-0.15, -0.1) is 0 Å². The number of hydrogen-bond donors (Lipinski definition) is 2. The number of nitrogens with two attached hydrogens (primary N) is 1. The second kappa shape index (κ2) is 22.3. The minimum atomic E-state index is -0.781. The molecule has 144 valence electrons. The van der Waals surface area contributed by atoms with E-state index in [1.54, 1.807) is 6.92 Å². The van der Waals surface area contributed by atoms with Gasteiger partial charge in [0, 0.05) is 6.42 Å². The Bertz CT molecular complexity index is 275. The standard InChI is InChI=1S/C20H38O2.CH5N/c1-3-4-5-6-7-8-9-10-11-12-13-14-15-16-17-18-20(22)19(2)21;1-2/h10-11,19,21H,3-9,12-18H2,1-2H3;2H2,1H3/b11-10-;. The minimum Gasteiger partial charge on any atom is -0.386 e. The van der Waals surface area contributed by atoms with Crippen LogP contribution in [0.2, 0.25) is 0 Å². The lowest BCUT2D eigenvalue weighted by atomic mass is 10.1. The average molecular weight is 342 g/mol. The van der Waals surface area contributed by atoms with Gasteiger partial charge in [0.2, 0.25) is 0 Å². The second-order valence-electron chi connectivity index (χ2n) is 6.48. The first-order chi connectivity index (χ1) is 11.7. The highest BCUT2D eigenvalue weighted by Crippen LogP contribution is 2.10. The summed E-state index contributed by atoms with van der Waals surface area (Å²) in [6.07, 6.45) is 20.9. The zero-order valence-corrected chi connectivity index (χ0v) is 16.6. The molecule has 1 atom stereocenters. The number of allylic oxidation sites excluding steroid dienone is 2. The van der Waals surface area contributed by atoms with Crippen LogP contribution in [0, 0.1) is 0 Å². The summed E-state index contributed by atoms with van der Waals surface area (Å²) < 4.78 is 0. The van der Waals surface area contributed by atoms with Crippen LogP contribution in [-0.2, 0) is 4.79 Å². The smallest absolute Gasteiger partial charge is 0.160 e. The van der Waals surface area contributed by atoms with Gasteiger partial charge < -0.3 is 10.8 Å². The van der Waals surface area contributed by atoms with Crippen molar-refractivity contribution in [2.45, 2.75) is 110 Å². The number of carbonyl (C=O) groups excluding carboxylic acids is 1. The Balaban J connectivity index is 0. The number of Topliss-reactive ketones (excluding diaryl/α,β-unsaturated/α-hetero) is 1. The minimum absolute atomic E-state index is 0.0161. The summed E-state index contributed by atoms with van der Waals surface area (Å²) in [6, 6.07) is 0. The summed E-state index contributed by atoms with van der Waals surface area (Å²) in [4.78, 5) is 11.2. The lowest BCUT2D eigenvalue weighted by Crippen LogP contribution is -2.15. The van der Waals surface area contributed by atoms with E-state index in [2.05, 4.69) is 24.8 Å². The van der Waals surface area contributed by atoms with Gasteiger partial charge >= 0.3 is 0 Å². The lowest BCUT2D eigenvalue weighted by molar-refractivity contribution is -0.126. The topological polar surface area (TPSA) is 63.3 Å². The number of ketones is 1. The number of aliphatic hydroxyl groups excluding tert-OH is 1. The summed E-state index contributed by atoms with van der Waals surface area (Å²) in [6.45, 7) is 3.82. The van der Waals surface area contributed by atoms with Crippen LogP contribution in [0.25, 0.3) is 0 Å². The molecule has 0 fully saturated rings. The number of rotatable bonds is 16. The van der Waals surface area contributed by atoms with Gasteiger partial charge in [-0.3, -0.25) is 4.79 Å². The quantitative estimate of drug-likeness (QED) is 0.286. The van der Waals surface area contributed by atoms with Gasteiger partial charge in [-0.2, -0.15) is 0 Å². The summed E-state index contributed by atoms with van der Waals surface area (Å²) in [5, 5.41) is 9.08. The van der Waals surface area contributed by atoms with E-state index in [4.69, 9.17) is 5.11 Å². The Hall–Kier alpha value is -0.670.